The molecule has 0 amide bonds. The molecule has 5 aromatic rings. The van der Waals surface area contributed by atoms with Crippen LogP contribution in [0.15, 0.2) is 115 Å². The van der Waals surface area contributed by atoms with Crippen LogP contribution in [0.2, 0.25) is 0 Å². The molecule has 0 saturated heterocycles. The molecule has 4 heterocycles. The van der Waals surface area contributed by atoms with Crippen molar-refractivity contribution >= 4 is 102 Å². The average molecular weight is 1260 g/mol. The van der Waals surface area contributed by atoms with E-state index >= 15 is 0 Å². The second-order valence-electron chi connectivity index (χ2n) is 12.1. The summed E-state index contributed by atoms with van der Waals surface area (Å²) in [5.41, 5.74) is -3.71. The molecule has 69 heavy (non-hydrogen) atoms. The topological polar surface area (TPSA) is 234 Å². The van der Waals surface area contributed by atoms with Gasteiger partial charge in [-0.05, 0) is 55.5 Å². The molecule has 0 bridgehead atoms. The molecular formula is C38H42Cl6Cu2F6N6O8S3. The molecule has 0 aliphatic heterocycles. The molecule has 0 fully saturated rings. The van der Waals surface area contributed by atoms with Crippen LogP contribution in [0.4, 0.5) is 26.3 Å². The van der Waals surface area contributed by atoms with Crippen LogP contribution in [0.1, 0.15) is 39.5 Å². The first kappa shape index (κ1) is 76.0. The van der Waals surface area contributed by atoms with Gasteiger partial charge in [0.25, 0.3) is 0 Å². The van der Waals surface area contributed by atoms with Crippen LogP contribution in [-0.4, -0.2) is 93.7 Å². The Labute approximate surface area is 453 Å². The Hall–Kier alpha value is -1.94. The quantitative estimate of drug-likeness (QED) is 0.0283. The summed E-state index contributed by atoms with van der Waals surface area (Å²) in [6.45, 7) is 6.40. The van der Waals surface area contributed by atoms with Crippen molar-refractivity contribution in [3.05, 3.63) is 149 Å². The molecule has 0 saturated carbocycles. The van der Waals surface area contributed by atoms with Gasteiger partial charge in [0.2, 0.25) is 0 Å². The number of benzene rings is 1. The summed E-state index contributed by atoms with van der Waals surface area (Å²) in [6, 6.07) is 28.6. The molecule has 31 heteroatoms. The summed E-state index contributed by atoms with van der Waals surface area (Å²) < 4.78 is 118. The maximum Gasteiger partial charge on any atom is 2.00 e. The maximum atomic E-state index is 10.7. The minimum Gasteiger partial charge on any atom is -0.870 e. The zero-order valence-corrected chi connectivity index (χ0v) is 44.1. The summed E-state index contributed by atoms with van der Waals surface area (Å²) in [4.78, 5) is 23.9. The van der Waals surface area contributed by atoms with Crippen molar-refractivity contribution in [2.45, 2.75) is 62.1 Å². The van der Waals surface area contributed by atoms with Crippen LogP contribution in [0, 0.1) is 6.92 Å². The number of rotatable bonds is 12. The third-order valence-corrected chi connectivity index (χ3v) is 8.85. The largest absolute Gasteiger partial charge is 2.00 e. The molecule has 3 N–H and O–H groups in total. The van der Waals surface area contributed by atoms with Crippen molar-refractivity contribution in [2.75, 3.05) is 16.0 Å². The normalized spacial score (nSPS) is 10.6. The predicted octanol–water partition coefficient (Wildman–Crippen LogP) is 9.25. The number of nitrogens with zero attached hydrogens (tertiary/aromatic N) is 6. The van der Waals surface area contributed by atoms with E-state index in [1.807, 2.05) is 73.3 Å². The van der Waals surface area contributed by atoms with Gasteiger partial charge in [-0.1, -0.05) is 53.1 Å². The molecule has 4 aromatic heterocycles. The zero-order valence-electron chi connectivity index (χ0n) is 35.2. The summed E-state index contributed by atoms with van der Waals surface area (Å²) in [5, 5.41) is 0.583. The first-order chi connectivity index (χ1) is 30.4. The fraction of sp³-hybridized carbons (Fsp3) is 0.316. The molecule has 2 radical (unpaired) electrons. The van der Waals surface area contributed by atoms with Gasteiger partial charge >= 0.3 is 45.2 Å². The van der Waals surface area contributed by atoms with E-state index in [2.05, 4.69) is 73.1 Å². The van der Waals surface area contributed by atoms with Crippen molar-refractivity contribution in [1.29, 1.82) is 0 Å². The second kappa shape index (κ2) is 40.5. The summed E-state index contributed by atoms with van der Waals surface area (Å²) in [5.74, 6) is 0. The molecule has 0 aliphatic rings. The number of halogens is 12. The molecule has 14 nitrogen and oxygen atoms in total. The Bertz CT molecular complexity index is 2040. The fourth-order valence-corrected chi connectivity index (χ4v) is 5.11. The van der Waals surface area contributed by atoms with Gasteiger partial charge in [-0.15, -0.1) is 69.6 Å². The van der Waals surface area contributed by atoms with Crippen molar-refractivity contribution in [1.82, 2.24) is 29.7 Å². The number of pyridine rings is 4. The Morgan fingerprint density at radius 3 is 0.884 bits per heavy atom. The average Bonchev–Trinajstić information content (AvgIpc) is 3.21. The number of aromatic nitrogens is 4. The van der Waals surface area contributed by atoms with Gasteiger partial charge in [0.05, 0.1) is 38.8 Å². The van der Waals surface area contributed by atoms with Gasteiger partial charge in [-0.3, -0.25) is 29.7 Å². The summed E-state index contributed by atoms with van der Waals surface area (Å²) in [7, 11) is -12.2. The zero-order chi connectivity index (χ0) is 49.7. The molecule has 0 unspecified atom stereocenters. The number of hydrogen-bond donors (Lipinski definition) is 0. The third kappa shape index (κ3) is 35.0. The number of aryl methyl sites for hydroxylation is 1. The number of alkyl halides is 12. The molecule has 0 atom stereocenters. The number of hydrogen-bond acceptors (Lipinski definition) is 14. The first-order valence-corrected chi connectivity index (χ1v) is 24.0. The van der Waals surface area contributed by atoms with Crippen LogP contribution in [-0.2, 0) is 106 Å². The fourth-order valence-electron chi connectivity index (χ4n) is 4.86. The van der Waals surface area contributed by atoms with E-state index in [9.17, 15) is 26.3 Å². The van der Waals surface area contributed by atoms with Crippen molar-refractivity contribution in [3.63, 3.8) is 0 Å². The minimum atomic E-state index is -6.09. The predicted molar refractivity (Wildman–Crippen MR) is 246 cm³/mol. The minimum absolute atomic E-state index is 0. The third-order valence-electron chi connectivity index (χ3n) is 7.19. The summed E-state index contributed by atoms with van der Waals surface area (Å²) >= 11 is 34.7. The van der Waals surface area contributed by atoms with E-state index in [0.29, 0.717) is 39.3 Å². The van der Waals surface area contributed by atoms with Gasteiger partial charge < -0.3 is 32.7 Å². The maximum absolute atomic E-state index is 10.7. The molecule has 396 valence electrons. The van der Waals surface area contributed by atoms with Crippen molar-refractivity contribution < 1.29 is 97.4 Å². The Morgan fingerprint density at radius 2 is 0.725 bits per heavy atom. The van der Waals surface area contributed by atoms with Crippen LogP contribution < -0.4 is 0 Å². The molecule has 0 spiro atoms. The van der Waals surface area contributed by atoms with E-state index < -0.39 is 31.3 Å². The van der Waals surface area contributed by atoms with Gasteiger partial charge in [-0.2, -0.15) is 31.2 Å². The standard InChI is InChI=1S/C33H34N6S.3CH2Cl2.2CHF3O3S.2Cu.2H2O/c1-26-18-27(20-38(22-29-10-2-6-14-34-29)23-30-11-3-7-15-35-30)33(40)28(19-26)21-39(24-31-12-4-8-16-36-31)25-32-13-5-9-17-37-32;3*2-1-3;2*2-1(3,4)8(5,6)7;;;;/h2-19,40H,20-25H2,1H3;3*1H2;2*(H,5,6,7);;;2*1H2/q;;;;;;2*+2;;/p-4. The molecule has 0 aliphatic carbocycles. The molecule has 5 rings (SSSR count). The van der Waals surface area contributed by atoms with E-state index in [1.165, 1.54) is 5.56 Å². The SMILES string of the molecule is Cc1cc(CN(Cc2ccccn2)Cc2ccccn2)c([S-])c(CN(Cc2ccccn2)Cc2ccccn2)c1.ClCCl.ClCCl.ClCCl.O.O=S(=O)([O-])C(F)(F)F.O=S(=O)([O-])C(F)(F)F.[Cu+2].[Cu+2].[OH-]. The van der Waals surface area contributed by atoms with Gasteiger partial charge in [0.15, 0.2) is 20.2 Å². The van der Waals surface area contributed by atoms with E-state index in [-0.39, 0.29) is 61.1 Å². The van der Waals surface area contributed by atoms with Crippen molar-refractivity contribution in [3.8, 4) is 0 Å². The Kier molecular flexibility index (Phi) is 44.6. The van der Waals surface area contributed by atoms with E-state index in [4.69, 9.17) is 108 Å². The van der Waals surface area contributed by atoms with Crippen molar-refractivity contribution in [2.24, 2.45) is 0 Å². The van der Waals surface area contributed by atoms with Crippen LogP contribution in [0.25, 0.3) is 0 Å². The monoisotopic (exact) mass is 1260 g/mol. The second-order valence-corrected chi connectivity index (χ2v) is 17.7. The molecular weight excluding hydrogens is 1220 g/mol. The van der Waals surface area contributed by atoms with Crippen LogP contribution in [0.3, 0.4) is 0 Å². The van der Waals surface area contributed by atoms with E-state index in [1.54, 1.807) is 0 Å². The first-order valence-electron chi connectivity index (χ1n) is 17.6. The Morgan fingerprint density at radius 1 is 0.522 bits per heavy atom. The van der Waals surface area contributed by atoms with Gasteiger partial charge in [-0.25, -0.2) is 16.8 Å². The van der Waals surface area contributed by atoms with Crippen LogP contribution in [0.5, 0.6) is 0 Å². The summed E-state index contributed by atoms with van der Waals surface area (Å²) in [6.07, 6.45) is 7.37. The smallest absolute Gasteiger partial charge is 0.870 e. The van der Waals surface area contributed by atoms with E-state index in [0.717, 1.165) is 38.8 Å². The van der Waals surface area contributed by atoms with Crippen LogP contribution >= 0.6 is 69.6 Å². The van der Waals surface area contributed by atoms with Gasteiger partial charge in [0, 0.05) is 64.1 Å². The molecule has 1 aromatic carbocycles. The Balaban J connectivity index is -0.000000392. The van der Waals surface area contributed by atoms with Gasteiger partial charge in [0.1, 0.15) is 0 Å².